The molecule has 0 bridgehead atoms. The lowest BCUT2D eigenvalue weighted by Gasteiger charge is -2.34. The van der Waals surface area contributed by atoms with Gasteiger partial charge in [0, 0.05) is 68.7 Å². The number of nitrogens with one attached hydrogen (secondary N) is 3. The lowest BCUT2D eigenvalue weighted by Crippen LogP contribution is -2.46. The van der Waals surface area contributed by atoms with Crippen LogP contribution in [0.2, 0.25) is 0 Å². The second-order valence-corrected chi connectivity index (χ2v) is 12.6. The summed E-state index contributed by atoms with van der Waals surface area (Å²) in [6.45, 7) is 3.86. The molecule has 2 amide bonds. The van der Waals surface area contributed by atoms with Gasteiger partial charge in [0.2, 0.25) is 11.5 Å². The third-order valence-corrected chi connectivity index (χ3v) is 9.41. The first kappa shape index (κ1) is 33.2. The molecule has 2 saturated heterocycles. The average Bonchev–Trinajstić information content (AvgIpc) is 3.11. The van der Waals surface area contributed by atoms with E-state index in [-0.39, 0.29) is 29.4 Å². The number of rotatable bonds is 10. The van der Waals surface area contributed by atoms with Crippen LogP contribution in [0, 0.1) is 0 Å². The van der Waals surface area contributed by atoms with Gasteiger partial charge in [-0.2, -0.15) is 0 Å². The monoisotopic (exact) mass is 653 g/mol. The third-order valence-electron chi connectivity index (χ3n) is 9.41. The van der Waals surface area contributed by atoms with E-state index in [0.717, 1.165) is 49.9 Å². The number of aromatic hydroxyl groups is 1. The van der Waals surface area contributed by atoms with Crippen molar-refractivity contribution in [3.05, 3.63) is 94.8 Å². The maximum atomic E-state index is 13.0. The lowest BCUT2D eigenvalue weighted by atomic mass is 10.0. The minimum absolute atomic E-state index is 0.0383. The van der Waals surface area contributed by atoms with Crippen LogP contribution < -0.4 is 16.2 Å². The fourth-order valence-electron chi connectivity index (χ4n) is 6.69. The van der Waals surface area contributed by atoms with Crippen LogP contribution in [0.1, 0.15) is 43.8 Å². The zero-order valence-corrected chi connectivity index (χ0v) is 26.9. The molecule has 0 unspecified atom stereocenters. The number of aromatic nitrogens is 1. The number of phenols is 1. The van der Waals surface area contributed by atoms with Gasteiger partial charge < -0.3 is 35.1 Å². The molecule has 11 nitrogen and oxygen atoms in total. The van der Waals surface area contributed by atoms with E-state index in [2.05, 4.69) is 20.5 Å². The van der Waals surface area contributed by atoms with Crippen molar-refractivity contribution in [3.63, 3.8) is 0 Å². The normalized spacial score (nSPS) is 16.9. The topological polar surface area (TPSA) is 147 Å². The summed E-state index contributed by atoms with van der Waals surface area (Å²) < 4.78 is 5.76. The number of hydrogen-bond donors (Lipinski definition) is 5. The van der Waals surface area contributed by atoms with E-state index >= 15 is 0 Å². The molecule has 48 heavy (non-hydrogen) atoms. The van der Waals surface area contributed by atoms with Crippen molar-refractivity contribution in [3.8, 4) is 16.9 Å². The molecular weight excluding hydrogens is 610 g/mol. The highest BCUT2D eigenvalue weighted by Gasteiger charge is 2.26. The molecule has 11 heteroatoms. The van der Waals surface area contributed by atoms with E-state index in [0.29, 0.717) is 54.8 Å². The summed E-state index contributed by atoms with van der Waals surface area (Å²) in [5.41, 5.74) is 3.30. The number of amides is 2. The summed E-state index contributed by atoms with van der Waals surface area (Å²) >= 11 is 0. The van der Waals surface area contributed by atoms with Gasteiger partial charge in [-0.05, 0) is 55.0 Å². The van der Waals surface area contributed by atoms with E-state index in [4.69, 9.17) is 4.74 Å². The Morgan fingerprint density at radius 3 is 2.40 bits per heavy atom. The number of H-pyrrole nitrogens is 1. The van der Waals surface area contributed by atoms with E-state index in [1.165, 1.54) is 12.1 Å². The molecular formula is C37H43N5O6. The first-order valence-corrected chi connectivity index (χ1v) is 16.7. The van der Waals surface area contributed by atoms with Gasteiger partial charge in [0.05, 0.1) is 17.3 Å². The summed E-state index contributed by atoms with van der Waals surface area (Å²) in [4.78, 5) is 44.2. The second-order valence-electron chi connectivity index (χ2n) is 12.6. The first-order valence-electron chi connectivity index (χ1n) is 16.7. The number of ether oxygens (including phenoxy) is 1. The quantitative estimate of drug-likeness (QED) is 0.167. The van der Waals surface area contributed by atoms with Gasteiger partial charge in [-0.25, -0.2) is 4.79 Å². The number of piperidine rings is 2. The Morgan fingerprint density at radius 1 is 0.896 bits per heavy atom. The molecule has 3 aromatic carbocycles. The van der Waals surface area contributed by atoms with Crippen LogP contribution >= 0.6 is 0 Å². The second kappa shape index (κ2) is 15.5. The molecule has 6 rings (SSSR count). The van der Waals surface area contributed by atoms with Crippen molar-refractivity contribution in [2.75, 3.05) is 44.6 Å². The maximum Gasteiger partial charge on any atom is 0.411 e. The van der Waals surface area contributed by atoms with Crippen molar-refractivity contribution in [2.45, 2.75) is 50.4 Å². The smallest absolute Gasteiger partial charge is 0.411 e. The van der Waals surface area contributed by atoms with Gasteiger partial charge in [0.25, 0.3) is 0 Å². The van der Waals surface area contributed by atoms with Crippen LogP contribution in [0.15, 0.2) is 83.7 Å². The number of aliphatic hydroxyl groups is 1. The van der Waals surface area contributed by atoms with Crippen molar-refractivity contribution in [2.24, 2.45) is 0 Å². The Labute approximate surface area is 279 Å². The predicted molar refractivity (Wildman–Crippen MR) is 185 cm³/mol. The number of anilines is 1. The van der Waals surface area contributed by atoms with Crippen LogP contribution in [-0.2, 0) is 9.53 Å². The minimum Gasteiger partial charge on any atom is -0.506 e. The number of aliphatic hydroxyl groups excluding tert-OH is 1. The molecule has 1 aromatic heterocycles. The molecule has 4 aromatic rings. The number of para-hydroxylation sites is 1. The lowest BCUT2D eigenvalue weighted by molar-refractivity contribution is -0.132. The number of nitrogens with zero attached hydrogens (tertiary/aromatic N) is 2. The Kier molecular flexibility index (Phi) is 10.7. The summed E-state index contributed by atoms with van der Waals surface area (Å²) in [5.74, 6) is 0.108. The molecule has 0 radical (unpaired) electrons. The van der Waals surface area contributed by atoms with Crippen LogP contribution in [0.5, 0.6) is 5.75 Å². The standard InChI is InChI=1S/C37H43N5O6/c43-32-12-10-29(30-11-13-34(45)40-36(30)32)33(44)24-38-26-14-22-42(23-15-26)35(46)18-21-41-19-16-27(17-20-41)48-37(47)39-31-9-5-4-8-28(31)25-6-2-1-3-7-25/h1-13,26-27,33,38,43-44H,14-24H2,(H,39,47)(H,40,45)/t33-/m1/s1. The minimum atomic E-state index is -0.820. The number of carbonyl (C=O) groups is 2. The van der Waals surface area contributed by atoms with E-state index < -0.39 is 12.2 Å². The van der Waals surface area contributed by atoms with Crippen molar-refractivity contribution in [1.29, 1.82) is 0 Å². The highest BCUT2D eigenvalue weighted by molar-refractivity contribution is 5.91. The number of benzene rings is 3. The van der Waals surface area contributed by atoms with Gasteiger partial charge in [0.1, 0.15) is 11.9 Å². The molecule has 5 N–H and O–H groups in total. The number of hydrogen-bond acceptors (Lipinski definition) is 8. The maximum absolute atomic E-state index is 13.0. The summed E-state index contributed by atoms with van der Waals surface area (Å²) in [6, 6.07) is 23.9. The molecule has 2 aliphatic heterocycles. The Hall–Kier alpha value is -4.71. The summed E-state index contributed by atoms with van der Waals surface area (Å²) in [5, 5.41) is 27.9. The number of phenolic OH excluding ortho intramolecular Hbond substituents is 1. The van der Waals surface area contributed by atoms with Crippen LogP contribution in [0.25, 0.3) is 22.0 Å². The third kappa shape index (κ3) is 8.22. The zero-order chi connectivity index (χ0) is 33.5. The number of pyridine rings is 1. The molecule has 1 atom stereocenters. The summed E-state index contributed by atoms with van der Waals surface area (Å²) in [6.07, 6.45) is 2.05. The molecule has 2 fully saturated rings. The van der Waals surface area contributed by atoms with Crippen LogP contribution in [-0.4, -0.2) is 88.4 Å². The number of carbonyl (C=O) groups excluding carboxylic acids is 2. The Morgan fingerprint density at radius 2 is 1.62 bits per heavy atom. The Bertz CT molecular complexity index is 1760. The van der Waals surface area contributed by atoms with Crippen molar-refractivity contribution in [1.82, 2.24) is 20.1 Å². The SMILES string of the molecule is O=C(Nc1ccccc1-c1ccccc1)OC1CCN(CCC(=O)N2CCC(NC[C@@H](O)c3ccc(O)c4[nH]c(=O)ccc34)CC2)CC1. The zero-order valence-electron chi connectivity index (χ0n) is 26.9. The highest BCUT2D eigenvalue weighted by atomic mass is 16.6. The molecule has 3 heterocycles. The molecule has 252 valence electrons. The predicted octanol–water partition coefficient (Wildman–Crippen LogP) is 4.62. The molecule has 0 spiro atoms. The largest absolute Gasteiger partial charge is 0.506 e. The van der Waals surface area contributed by atoms with Crippen LogP contribution in [0.4, 0.5) is 10.5 Å². The summed E-state index contributed by atoms with van der Waals surface area (Å²) in [7, 11) is 0. The number of aromatic amines is 1. The van der Waals surface area contributed by atoms with E-state index in [9.17, 15) is 24.6 Å². The first-order chi connectivity index (χ1) is 23.3. The number of likely N-dealkylation sites (tertiary alicyclic amines) is 2. The number of fused-ring (bicyclic) bond motifs is 1. The van der Waals surface area contributed by atoms with Crippen molar-refractivity contribution < 1.29 is 24.5 Å². The van der Waals surface area contributed by atoms with Gasteiger partial charge >= 0.3 is 6.09 Å². The fourth-order valence-corrected chi connectivity index (χ4v) is 6.69. The highest BCUT2D eigenvalue weighted by Crippen LogP contribution is 2.30. The van der Waals surface area contributed by atoms with Gasteiger partial charge in [-0.1, -0.05) is 54.6 Å². The van der Waals surface area contributed by atoms with Gasteiger partial charge in [0.15, 0.2) is 0 Å². The van der Waals surface area contributed by atoms with Gasteiger partial charge in [-0.3, -0.25) is 14.9 Å². The molecule has 0 saturated carbocycles. The van der Waals surface area contributed by atoms with E-state index in [1.807, 2.05) is 59.5 Å². The molecule has 0 aliphatic carbocycles. The fraction of sp³-hybridized carbons (Fsp3) is 0.378. The average molecular weight is 654 g/mol. The molecule has 2 aliphatic rings. The van der Waals surface area contributed by atoms with Crippen LogP contribution in [0.3, 0.4) is 0 Å². The van der Waals surface area contributed by atoms with Crippen molar-refractivity contribution >= 4 is 28.6 Å². The Balaban J connectivity index is 0.883. The van der Waals surface area contributed by atoms with E-state index in [1.54, 1.807) is 12.1 Å². The van der Waals surface area contributed by atoms with Gasteiger partial charge in [-0.15, -0.1) is 0 Å².